The number of nitrogens with one attached hydrogen (secondary N) is 1. The van der Waals surface area contributed by atoms with Crippen molar-refractivity contribution >= 4 is 11.7 Å². The number of anilines is 1. The minimum Gasteiger partial charge on any atom is -0.497 e. The van der Waals surface area contributed by atoms with E-state index in [2.05, 4.69) is 22.5 Å². The van der Waals surface area contributed by atoms with Crippen LogP contribution in [0.1, 0.15) is 11.3 Å². The van der Waals surface area contributed by atoms with E-state index in [4.69, 9.17) is 9.47 Å². The first-order valence-corrected chi connectivity index (χ1v) is 9.70. The zero-order chi connectivity index (χ0) is 21.3. The number of carbonyl (C=O) groups excluding carboxylic acids is 1. The maximum atomic E-state index is 12.9. The molecule has 3 aromatic rings. The van der Waals surface area contributed by atoms with Crippen molar-refractivity contribution < 1.29 is 14.3 Å². The Labute approximate surface area is 177 Å². The number of nitrogens with zero attached hydrogens (tertiary/aromatic N) is 2. The molecule has 156 valence electrons. The lowest BCUT2D eigenvalue weighted by Gasteiger charge is -2.23. The molecular formula is C24H27N3O3. The van der Waals surface area contributed by atoms with E-state index in [0.717, 1.165) is 17.0 Å². The number of amides is 2. The largest absolute Gasteiger partial charge is 0.497 e. The van der Waals surface area contributed by atoms with E-state index >= 15 is 0 Å². The van der Waals surface area contributed by atoms with Gasteiger partial charge in [-0.15, -0.1) is 6.58 Å². The van der Waals surface area contributed by atoms with Crippen LogP contribution in [0.5, 0.6) is 11.5 Å². The minimum absolute atomic E-state index is 0.197. The van der Waals surface area contributed by atoms with Gasteiger partial charge in [0.25, 0.3) is 0 Å². The quantitative estimate of drug-likeness (QED) is 0.522. The third kappa shape index (κ3) is 5.44. The Kier molecular flexibility index (Phi) is 7.16. The Bertz CT molecular complexity index is 997. The average Bonchev–Trinajstić information content (AvgIpc) is 3.20. The van der Waals surface area contributed by atoms with Crippen molar-refractivity contribution in [3.05, 3.63) is 90.8 Å². The number of rotatable bonds is 9. The second-order valence-corrected chi connectivity index (χ2v) is 6.81. The van der Waals surface area contributed by atoms with Crippen LogP contribution in [0.2, 0.25) is 0 Å². The summed E-state index contributed by atoms with van der Waals surface area (Å²) >= 11 is 0. The smallest absolute Gasteiger partial charge is 0.322 e. The van der Waals surface area contributed by atoms with Crippen molar-refractivity contribution in [2.24, 2.45) is 0 Å². The molecule has 0 saturated heterocycles. The average molecular weight is 405 g/mol. The lowest BCUT2D eigenvalue weighted by molar-refractivity contribution is 0.214. The van der Waals surface area contributed by atoms with Crippen molar-refractivity contribution in [2.45, 2.75) is 13.1 Å². The first kappa shape index (κ1) is 21.0. The molecule has 0 saturated carbocycles. The van der Waals surface area contributed by atoms with Gasteiger partial charge >= 0.3 is 6.03 Å². The predicted octanol–water partition coefficient (Wildman–Crippen LogP) is 4.77. The van der Waals surface area contributed by atoms with Gasteiger partial charge in [0, 0.05) is 36.7 Å². The summed E-state index contributed by atoms with van der Waals surface area (Å²) in [6.07, 6.45) is 3.74. The maximum absolute atomic E-state index is 12.9. The molecule has 3 rings (SSSR count). The van der Waals surface area contributed by atoms with E-state index in [1.807, 2.05) is 54.7 Å². The number of urea groups is 1. The van der Waals surface area contributed by atoms with Crippen LogP contribution in [0, 0.1) is 0 Å². The Morgan fingerprint density at radius 2 is 1.80 bits per heavy atom. The molecule has 0 atom stereocenters. The molecule has 30 heavy (non-hydrogen) atoms. The number of hydrogen-bond donors (Lipinski definition) is 1. The summed E-state index contributed by atoms with van der Waals surface area (Å²) in [7, 11) is 3.26. The van der Waals surface area contributed by atoms with Gasteiger partial charge < -0.3 is 24.3 Å². The highest BCUT2D eigenvalue weighted by molar-refractivity contribution is 5.89. The first-order valence-electron chi connectivity index (χ1n) is 9.70. The molecule has 2 aromatic carbocycles. The van der Waals surface area contributed by atoms with E-state index in [1.165, 1.54) is 0 Å². The van der Waals surface area contributed by atoms with E-state index in [-0.39, 0.29) is 6.03 Å². The molecule has 2 amide bonds. The van der Waals surface area contributed by atoms with Crippen molar-refractivity contribution in [3.63, 3.8) is 0 Å². The number of aromatic nitrogens is 1. The highest BCUT2D eigenvalue weighted by Crippen LogP contribution is 2.19. The molecule has 0 aliphatic rings. The van der Waals surface area contributed by atoms with Crippen LogP contribution in [0.3, 0.4) is 0 Å². The van der Waals surface area contributed by atoms with Gasteiger partial charge in [-0.3, -0.25) is 0 Å². The molecule has 0 aliphatic carbocycles. The fourth-order valence-corrected chi connectivity index (χ4v) is 3.19. The van der Waals surface area contributed by atoms with Gasteiger partial charge in [-0.05, 0) is 42.0 Å². The highest BCUT2D eigenvalue weighted by Gasteiger charge is 2.15. The highest BCUT2D eigenvalue weighted by atomic mass is 16.5. The normalized spacial score (nSPS) is 10.3. The van der Waals surface area contributed by atoms with Crippen LogP contribution in [0.15, 0.2) is 79.5 Å². The summed E-state index contributed by atoms with van der Waals surface area (Å²) in [4.78, 5) is 14.6. The summed E-state index contributed by atoms with van der Waals surface area (Å²) in [5.74, 6) is 1.52. The van der Waals surface area contributed by atoms with Crippen molar-refractivity contribution in [1.82, 2.24) is 9.47 Å². The summed E-state index contributed by atoms with van der Waals surface area (Å²) in [5.41, 5.74) is 2.84. The molecule has 6 heteroatoms. The minimum atomic E-state index is -0.197. The molecular weight excluding hydrogens is 378 g/mol. The number of carbonyl (C=O) groups is 1. The summed E-state index contributed by atoms with van der Waals surface area (Å²) in [6.45, 7) is 5.37. The van der Waals surface area contributed by atoms with Crippen LogP contribution >= 0.6 is 0 Å². The molecule has 1 N–H and O–H groups in total. The predicted molar refractivity (Wildman–Crippen MR) is 119 cm³/mol. The zero-order valence-electron chi connectivity index (χ0n) is 17.4. The molecule has 1 heterocycles. The molecule has 0 aliphatic heterocycles. The Morgan fingerprint density at radius 3 is 2.53 bits per heavy atom. The van der Waals surface area contributed by atoms with Crippen molar-refractivity contribution in [1.29, 1.82) is 0 Å². The SMILES string of the molecule is C=CCN(Cc1cccn1Cc1cccc(OC)c1)C(=O)Nc1cccc(OC)c1. The van der Waals surface area contributed by atoms with E-state index < -0.39 is 0 Å². The second-order valence-electron chi connectivity index (χ2n) is 6.81. The number of ether oxygens (including phenoxy) is 2. The lowest BCUT2D eigenvalue weighted by Crippen LogP contribution is -2.35. The van der Waals surface area contributed by atoms with Gasteiger partial charge in [-0.1, -0.05) is 24.3 Å². The van der Waals surface area contributed by atoms with Crippen molar-refractivity contribution in [3.8, 4) is 11.5 Å². The van der Waals surface area contributed by atoms with Gasteiger partial charge in [0.1, 0.15) is 11.5 Å². The summed E-state index contributed by atoms with van der Waals surface area (Å²) in [5, 5.41) is 2.93. The molecule has 0 unspecified atom stereocenters. The molecule has 0 fully saturated rings. The van der Waals surface area contributed by atoms with E-state index in [9.17, 15) is 4.79 Å². The van der Waals surface area contributed by atoms with Gasteiger partial charge in [-0.25, -0.2) is 4.79 Å². The maximum Gasteiger partial charge on any atom is 0.322 e. The topological polar surface area (TPSA) is 55.7 Å². The number of hydrogen-bond acceptors (Lipinski definition) is 3. The van der Waals surface area contributed by atoms with Crippen LogP contribution in [0.4, 0.5) is 10.5 Å². The standard InChI is InChI=1S/C24H27N3O3/c1-4-13-27(24(28)25-20-9-6-12-23(16-20)30-3)18-21-10-7-14-26(21)17-19-8-5-11-22(15-19)29-2/h4-12,14-16H,1,13,17-18H2,2-3H3,(H,25,28). The van der Waals surface area contributed by atoms with Gasteiger partial charge in [0.15, 0.2) is 0 Å². The first-order chi connectivity index (χ1) is 14.6. The zero-order valence-corrected chi connectivity index (χ0v) is 17.4. The van der Waals surface area contributed by atoms with E-state index in [0.29, 0.717) is 31.1 Å². The van der Waals surface area contributed by atoms with Crippen LogP contribution in [-0.2, 0) is 13.1 Å². The number of benzene rings is 2. The van der Waals surface area contributed by atoms with Crippen LogP contribution in [0.25, 0.3) is 0 Å². The van der Waals surface area contributed by atoms with Gasteiger partial charge in [0.2, 0.25) is 0 Å². The summed E-state index contributed by atoms with van der Waals surface area (Å²) < 4.78 is 12.7. The lowest BCUT2D eigenvalue weighted by atomic mass is 10.2. The molecule has 0 radical (unpaired) electrons. The molecule has 1 aromatic heterocycles. The van der Waals surface area contributed by atoms with Crippen LogP contribution in [-0.4, -0.2) is 36.3 Å². The molecule has 0 bridgehead atoms. The second kappa shape index (κ2) is 10.2. The van der Waals surface area contributed by atoms with Gasteiger partial charge in [0.05, 0.1) is 20.8 Å². The summed E-state index contributed by atoms with van der Waals surface area (Å²) in [6, 6.07) is 19.1. The van der Waals surface area contributed by atoms with Crippen molar-refractivity contribution in [2.75, 3.05) is 26.1 Å². The Morgan fingerprint density at radius 1 is 1.07 bits per heavy atom. The Hall–Kier alpha value is -3.67. The molecule has 6 nitrogen and oxygen atoms in total. The third-order valence-electron chi connectivity index (χ3n) is 4.72. The van der Waals surface area contributed by atoms with Crippen LogP contribution < -0.4 is 14.8 Å². The monoisotopic (exact) mass is 405 g/mol. The fourth-order valence-electron chi connectivity index (χ4n) is 3.19. The third-order valence-corrected chi connectivity index (χ3v) is 4.72. The Balaban J connectivity index is 1.72. The van der Waals surface area contributed by atoms with Gasteiger partial charge in [-0.2, -0.15) is 0 Å². The fraction of sp³-hybridized carbons (Fsp3) is 0.208. The number of methoxy groups -OCH3 is 2. The molecule has 0 spiro atoms. The van der Waals surface area contributed by atoms with E-state index in [1.54, 1.807) is 31.3 Å².